The molecule has 1 atom stereocenters. The summed E-state index contributed by atoms with van der Waals surface area (Å²) in [5, 5.41) is 8.88. The Bertz CT molecular complexity index is 254. The maximum absolute atomic E-state index is 10.8. The minimum atomic E-state index is -0.850. The first-order chi connectivity index (χ1) is 9.13. The van der Waals surface area contributed by atoms with E-state index in [0.717, 1.165) is 38.6 Å². The van der Waals surface area contributed by atoms with Gasteiger partial charge < -0.3 is 10.8 Å². The normalized spacial score (nSPS) is 13.0. The van der Waals surface area contributed by atoms with Gasteiger partial charge in [-0.05, 0) is 38.8 Å². The maximum atomic E-state index is 10.8. The highest BCUT2D eigenvalue weighted by atomic mass is 31.1. The molecule has 0 aromatic rings. The number of carboxylic acids is 1. The van der Waals surface area contributed by atoms with Crippen LogP contribution in [0.3, 0.4) is 0 Å². The summed E-state index contributed by atoms with van der Waals surface area (Å²) in [6.07, 6.45) is 4.28. The molecule has 0 saturated carbocycles. The second-order valence-electron chi connectivity index (χ2n) is 4.57. The molecule has 0 heterocycles. The molecule has 0 rings (SSSR count). The average Bonchev–Trinajstić information content (AvgIpc) is 2.35. The molecule has 0 fully saturated rings. The molecule has 0 aliphatic rings. The van der Waals surface area contributed by atoms with Crippen LogP contribution in [-0.2, 0) is 13.9 Å². The number of hydrogen-bond donors (Lipinski definition) is 2. The van der Waals surface area contributed by atoms with Crippen LogP contribution in [0.4, 0.5) is 0 Å². The van der Waals surface area contributed by atoms with Crippen molar-refractivity contribution in [2.24, 2.45) is 5.73 Å². The van der Waals surface area contributed by atoms with E-state index in [1.807, 2.05) is 4.90 Å². The second-order valence-corrected chi connectivity index (χ2v) is 4.93. The van der Waals surface area contributed by atoms with Crippen LogP contribution in [0, 0.1) is 0 Å². The molecule has 1 unspecified atom stereocenters. The number of carboxylic acid groups (broad SMARTS) is 1. The zero-order valence-electron chi connectivity index (χ0n) is 11.6. The SMILES string of the molecule is CCCCN(CC(=O)O)CC(CCCCN)OP=O. The third kappa shape index (κ3) is 11.0. The molecular formula is C12H25N2O4P. The fraction of sp³-hybridized carbons (Fsp3) is 0.917. The molecule has 112 valence electrons. The number of rotatable bonds is 13. The zero-order chi connectivity index (χ0) is 14.5. The molecule has 0 aliphatic heterocycles. The van der Waals surface area contributed by atoms with Crippen LogP contribution in [0.5, 0.6) is 0 Å². The molecule has 0 aromatic carbocycles. The van der Waals surface area contributed by atoms with E-state index < -0.39 is 5.97 Å². The minimum Gasteiger partial charge on any atom is -0.480 e. The summed E-state index contributed by atoms with van der Waals surface area (Å²) in [6.45, 7) is 3.88. The van der Waals surface area contributed by atoms with E-state index in [9.17, 15) is 9.36 Å². The number of nitrogens with zero attached hydrogens (tertiary/aromatic N) is 1. The van der Waals surface area contributed by atoms with E-state index in [0.29, 0.717) is 13.1 Å². The van der Waals surface area contributed by atoms with Gasteiger partial charge in [0.1, 0.15) is 0 Å². The van der Waals surface area contributed by atoms with Crippen LogP contribution >= 0.6 is 8.69 Å². The fourth-order valence-corrected chi connectivity index (χ4v) is 2.14. The third-order valence-electron chi connectivity index (χ3n) is 2.82. The van der Waals surface area contributed by atoms with Crippen LogP contribution in [0.15, 0.2) is 0 Å². The molecule has 0 aliphatic carbocycles. The van der Waals surface area contributed by atoms with Gasteiger partial charge in [-0.25, -0.2) is 4.57 Å². The van der Waals surface area contributed by atoms with Gasteiger partial charge in [0.25, 0.3) is 0 Å². The van der Waals surface area contributed by atoms with E-state index in [4.69, 9.17) is 15.4 Å². The number of unbranched alkanes of at least 4 members (excludes halogenated alkanes) is 2. The lowest BCUT2D eigenvalue weighted by Gasteiger charge is -2.24. The van der Waals surface area contributed by atoms with Gasteiger partial charge in [0, 0.05) is 6.54 Å². The molecule has 19 heavy (non-hydrogen) atoms. The van der Waals surface area contributed by atoms with Gasteiger partial charge in [-0.1, -0.05) is 13.3 Å². The Morgan fingerprint density at radius 1 is 1.42 bits per heavy atom. The lowest BCUT2D eigenvalue weighted by molar-refractivity contribution is -0.138. The van der Waals surface area contributed by atoms with Crippen LogP contribution < -0.4 is 5.73 Å². The van der Waals surface area contributed by atoms with Gasteiger partial charge in [-0.2, -0.15) is 0 Å². The van der Waals surface area contributed by atoms with Crippen molar-refractivity contribution in [1.29, 1.82) is 0 Å². The summed E-state index contributed by atoms with van der Waals surface area (Å²) in [4.78, 5) is 12.6. The van der Waals surface area contributed by atoms with Crippen molar-refractivity contribution in [1.82, 2.24) is 4.90 Å². The van der Waals surface area contributed by atoms with Crippen molar-refractivity contribution >= 4 is 14.7 Å². The highest BCUT2D eigenvalue weighted by Crippen LogP contribution is 2.13. The molecule has 0 aromatic heterocycles. The van der Waals surface area contributed by atoms with Crippen LogP contribution in [0.25, 0.3) is 0 Å². The Kier molecular flexibility index (Phi) is 12.1. The van der Waals surface area contributed by atoms with Crippen molar-refractivity contribution in [3.63, 3.8) is 0 Å². The van der Waals surface area contributed by atoms with E-state index in [1.165, 1.54) is 0 Å². The Balaban J connectivity index is 4.26. The van der Waals surface area contributed by atoms with Crippen molar-refractivity contribution in [3.8, 4) is 0 Å². The molecule has 0 spiro atoms. The predicted octanol–water partition coefficient (Wildman–Crippen LogP) is 1.89. The van der Waals surface area contributed by atoms with E-state index >= 15 is 0 Å². The maximum Gasteiger partial charge on any atom is 0.327 e. The van der Waals surface area contributed by atoms with E-state index in [-0.39, 0.29) is 21.3 Å². The van der Waals surface area contributed by atoms with Gasteiger partial charge in [0.15, 0.2) is 0 Å². The predicted molar refractivity (Wildman–Crippen MR) is 74.4 cm³/mol. The molecule has 0 bridgehead atoms. The first-order valence-electron chi connectivity index (χ1n) is 6.76. The summed E-state index contributed by atoms with van der Waals surface area (Å²) < 4.78 is 15.7. The van der Waals surface area contributed by atoms with Gasteiger partial charge in [0.2, 0.25) is 0 Å². The van der Waals surface area contributed by atoms with Gasteiger partial charge >= 0.3 is 14.7 Å². The summed E-state index contributed by atoms with van der Waals surface area (Å²) in [6, 6.07) is 0. The smallest absolute Gasteiger partial charge is 0.327 e. The van der Waals surface area contributed by atoms with Crippen LogP contribution in [0.2, 0.25) is 0 Å². The van der Waals surface area contributed by atoms with Gasteiger partial charge in [-0.3, -0.25) is 14.2 Å². The quantitative estimate of drug-likeness (QED) is 0.398. The lowest BCUT2D eigenvalue weighted by atomic mass is 10.1. The summed E-state index contributed by atoms with van der Waals surface area (Å²) in [5.41, 5.74) is 5.43. The average molecular weight is 292 g/mol. The number of aliphatic carboxylic acids is 1. The Hall–Kier alpha value is -0.550. The molecule has 0 saturated heterocycles. The standard InChI is InChI=1S/C12H25N2O4P/c1-2-3-8-14(10-12(15)16)9-11(18-19-17)6-4-5-7-13/h11H,2-10,13H2,1H3,(H,15,16). The lowest BCUT2D eigenvalue weighted by Crippen LogP contribution is -2.37. The highest BCUT2D eigenvalue weighted by molar-refractivity contribution is 7.17. The fourth-order valence-electron chi connectivity index (χ4n) is 1.85. The van der Waals surface area contributed by atoms with Gasteiger partial charge in [-0.15, -0.1) is 0 Å². The summed E-state index contributed by atoms with van der Waals surface area (Å²) >= 11 is 0. The topological polar surface area (TPSA) is 92.9 Å². The minimum absolute atomic E-state index is 0.00745. The van der Waals surface area contributed by atoms with E-state index in [2.05, 4.69) is 6.92 Å². The van der Waals surface area contributed by atoms with Crippen molar-refractivity contribution in [2.45, 2.75) is 45.1 Å². The number of nitrogens with two attached hydrogens (primary N) is 1. The molecular weight excluding hydrogens is 267 g/mol. The Morgan fingerprint density at radius 2 is 2.16 bits per heavy atom. The zero-order valence-corrected chi connectivity index (χ0v) is 12.5. The summed E-state index contributed by atoms with van der Waals surface area (Å²) in [7, 11) is -0.355. The second kappa shape index (κ2) is 12.5. The number of carbonyl (C=O) groups is 1. The molecule has 3 N–H and O–H groups in total. The Morgan fingerprint density at radius 3 is 2.68 bits per heavy atom. The van der Waals surface area contributed by atoms with Crippen molar-refractivity contribution in [3.05, 3.63) is 0 Å². The molecule has 0 radical (unpaired) electrons. The first-order valence-corrected chi connectivity index (χ1v) is 7.49. The summed E-state index contributed by atoms with van der Waals surface area (Å²) in [5.74, 6) is -0.850. The molecule has 7 heteroatoms. The first kappa shape index (κ1) is 18.4. The Labute approximate surface area is 116 Å². The molecule has 0 amide bonds. The van der Waals surface area contributed by atoms with Crippen LogP contribution in [-0.4, -0.2) is 48.3 Å². The largest absolute Gasteiger partial charge is 0.480 e. The third-order valence-corrected chi connectivity index (χ3v) is 3.21. The van der Waals surface area contributed by atoms with Crippen LogP contribution in [0.1, 0.15) is 39.0 Å². The molecule has 6 nitrogen and oxygen atoms in total. The van der Waals surface area contributed by atoms with Gasteiger partial charge in [0.05, 0.1) is 12.6 Å². The van der Waals surface area contributed by atoms with Crippen molar-refractivity contribution < 1.29 is 19.0 Å². The van der Waals surface area contributed by atoms with Crippen molar-refractivity contribution in [2.75, 3.05) is 26.2 Å². The highest BCUT2D eigenvalue weighted by Gasteiger charge is 2.17. The van der Waals surface area contributed by atoms with E-state index in [1.54, 1.807) is 0 Å². The monoisotopic (exact) mass is 292 g/mol. The number of hydrogen-bond acceptors (Lipinski definition) is 5.